The number of hydrogen-bond donors (Lipinski definition) is 0. The number of carbonyl (C=O) groups is 2. The van der Waals surface area contributed by atoms with Gasteiger partial charge in [-0.05, 0) is 38.0 Å². The standard InChI is InChI=1S/C16H18O5/c1-9-6-11(19-3)15-10(17)8-16(2,21-12(15)7-9)13-4-5-14(18)20-13/h6-7,13H,4-5,8H2,1-3H3/t13-,16-/m1/s1. The second-order valence-electron chi connectivity index (χ2n) is 5.87. The van der Waals surface area contributed by atoms with Crippen molar-refractivity contribution >= 4 is 11.8 Å². The van der Waals surface area contributed by atoms with Crippen LogP contribution in [0, 0.1) is 6.92 Å². The first-order chi connectivity index (χ1) is 9.93. The average molecular weight is 290 g/mol. The van der Waals surface area contributed by atoms with Gasteiger partial charge in [0.15, 0.2) is 11.4 Å². The quantitative estimate of drug-likeness (QED) is 0.783. The molecule has 0 aromatic heterocycles. The number of Topliss-reactive ketones (excluding diaryl/α,β-unsaturated/α-hetero) is 1. The van der Waals surface area contributed by atoms with Gasteiger partial charge in [0.05, 0.1) is 13.5 Å². The largest absolute Gasteiger partial charge is 0.496 e. The van der Waals surface area contributed by atoms with Crippen molar-refractivity contribution in [3.05, 3.63) is 23.3 Å². The number of benzene rings is 1. The van der Waals surface area contributed by atoms with Crippen LogP contribution in [0.3, 0.4) is 0 Å². The van der Waals surface area contributed by atoms with Crippen molar-refractivity contribution in [2.45, 2.75) is 44.8 Å². The van der Waals surface area contributed by atoms with Crippen LogP contribution >= 0.6 is 0 Å². The van der Waals surface area contributed by atoms with Gasteiger partial charge in [-0.3, -0.25) is 9.59 Å². The summed E-state index contributed by atoms with van der Waals surface area (Å²) >= 11 is 0. The maximum atomic E-state index is 12.5. The van der Waals surface area contributed by atoms with Gasteiger partial charge in [-0.25, -0.2) is 0 Å². The number of fused-ring (bicyclic) bond motifs is 1. The van der Waals surface area contributed by atoms with Crippen LogP contribution in [-0.2, 0) is 9.53 Å². The molecule has 5 heteroatoms. The fourth-order valence-electron chi connectivity index (χ4n) is 3.07. The van der Waals surface area contributed by atoms with E-state index in [0.717, 1.165) is 5.56 Å². The zero-order chi connectivity index (χ0) is 15.2. The Bertz CT molecular complexity index is 621. The van der Waals surface area contributed by atoms with Crippen molar-refractivity contribution < 1.29 is 23.8 Å². The van der Waals surface area contributed by atoms with E-state index in [1.165, 1.54) is 7.11 Å². The van der Waals surface area contributed by atoms with Gasteiger partial charge in [0, 0.05) is 6.42 Å². The molecule has 2 atom stereocenters. The van der Waals surface area contributed by atoms with Crippen molar-refractivity contribution in [2.75, 3.05) is 7.11 Å². The van der Waals surface area contributed by atoms with Crippen LogP contribution in [0.5, 0.6) is 11.5 Å². The second-order valence-corrected chi connectivity index (χ2v) is 5.87. The zero-order valence-corrected chi connectivity index (χ0v) is 12.4. The third kappa shape index (κ3) is 2.26. The second kappa shape index (κ2) is 4.76. The predicted octanol–water partition coefficient (Wildman–Crippen LogP) is 2.43. The number of aryl methyl sites for hydroxylation is 1. The summed E-state index contributed by atoms with van der Waals surface area (Å²) in [4.78, 5) is 23.9. The van der Waals surface area contributed by atoms with Crippen molar-refractivity contribution in [1.29, 1.82) is 0 Å². The van der Waals surface area contributed by atoms with Gasteiger partial charge >= 0.3 is 5.97 Å². The highest BCUT2D eigenvalue weighted by Gasteiger charge is 2.48. The van der Waals surface area contributed by atoms with Crippen LogP contribution in [0.4, 0.5) is 0 Å². The fourth-order valence-corrected chi connectivity index (χ4v) is 3.07. The molecule has 5 nitrogen and oxygen atoms in total. The molecule has 0 aliphatic carbocycles. The van der Waals surface area contributed by atoms with E-state index in [1.807, 2.05) is 26.0 Å². The van der Waals surface area contributed by atoms with Crippen LogP contribution in [0.25, 0.3) is 0 Å². The van der Waals surface area contributed by atoms with Gasteiger partial charge < -0.3 is 14.2 Å². The lowest BCUT2D eigenvalue weighted by Crippen LogP contribution is -2.49. The molecule has 112 valence electrons. The lowest BCUT2D eigenvalue weighted by Gasteiger charge is -2.38. The Hall–Kier alpha value is -2.04. The minimum Gasteiger partial charge on any atom is -0.496 e. The van der Waals surface area contributed by atoms with Gasteiger partial charge in [-0.15, -0.1) is 0 Å². The summed E-state index contributed by atoms with van der Waals surface area (Å²) in [6.07, 6.45) is 0.758. The molecular weight excluding hydrogens is 272 g/mol. The van der Waals surface area contributed by atoms with Crippen LogP contribution < -0.4 is 9.47 Å². The average Bonchev–Trinajstić information content (AvgIpc) is 2.84. The maximum Gasteiger partial charge on any atom is 0.306 e. The highest BCUT2D eigenvalue weighted by Crippen LogP contribution is 2.42. The van der Waals surface area contributed by atoms with Crippen LogP contribution in [-0.4, -0.2) is 30.6 Å². The Kier molecular flexibility index (Phi) is 3.15. The van der Waals surface area contributed by atoms with Gasteiger partial charge in [0.2, 0.25) is 0 Å². The number of cyclic esters (lactones) is 1. The minimum atomic E-state index is -0.810. The molecule has 2 aliphatic heterocycles. The third-order valence-electron chi connectivity index (χ3n) is 4.13. The molecule has 0 unspecified atom stereocenters. The smallest absolute Gasteiger partial charge is 0.306 e. The molecule has 0 radical (unpaired) electrons. The molecule has 1 saturated heterocycles. The van der Waals surface area contributed by atoms with Gasteiger partial charge in [-0.1, -0.05) is 0 Å². The van der Waals surface area contributed by atoms with E-state index in [-0.39, 0.29) is 24.3 Å². The first-order valence-electron chi connectivity index (χ1n) is 7.03. The van der Waals surface area contributed by atoms with E-state index in [2.05, 4.69) is 0 Å². The molecule has 0 spiro atoms. The molecular formula is C16H18O5. The molecule has 2 heterocycles. The molecule has 3 rings (SSSR count). The summed E-state index contributed by atoms with van der Waals surface area (Å²) < 4.78 is 16.7. The minimum absolute atomic E-state index is 0.0430. The lowest BCUT2D eigenvalue weighted by atomic mass is 9.85. The molecule has 1 aromatic rings. The monoisotopic (exact) mass is 290 g/mol. The lowest BCUT2D eigenvalue weighted by molar-refractivity contribution is -0.149. The molecule has 0 saturated carbocycles. The van der Waals surface area contributed by atoms with E-state index >= 15 is 0 Å². The normalized spacial score (nSPS) is 27.9. The summed E-state index contributed by atoms with van der Waals surface area (Å²) in [7, 11) is 1.54. The molecule has 1 aromatic carbocycles. The molecule has 0 bridgehead atoms. The third-order valence-corrected chi connectivity index (χ3v) is 4.13. The highest BCUT2D eigenvalue weighted by molar-refractivity contribution is 6.03. The van der Waals surface area contributed by atoms with Crippen LogP contribution in [0.15, 0.2) is 12.1 Å². The molecule has 2 aliphatic rings. The summed E-state index contributed by atoms with van der Waals surface area (Å²) in [5.41, 5.74) is 0.616. The first kappa shape index (κ1) is 13.9. The van der Waals surface area contributed by atoms with E-state index in [1.54, 1.807) is 0 Å². The Morgan fingerprint density at radius 3 is 2.71 bits per heavy atom. The zero-order valence-electron chi connectivity index (χ0n) is 12.4. The SMILES string of the molecule is COc1cc(C)cc2c1C(=O)C[C@](C)([C@H]1CCC(=O)O1)O2. The summed E-state index contributed by atoms with van der Waals surface area (Å²) in [6, 6.07) is 3.64. The molecule has 0 N–H and O–H groups in total. The van der Waals surface area contributed by atoms with Gasteiger partial charge in [0.1, 0.15) is 23.2 Å². The fraction of sp³-hybridized carbons (Fsp3) is 0.500. The summed E-state index contributed by atoms with van der Waals surface area (Å²) in [6.45, 7) is 3.74. The number of hydrogen-bond acceptors (Lipinski definition) is 5. The highest BCUT2D eigenvalue weighted by atomic mass is 16.6. The molecule has 0 amide bonds. The Balaban J connectivity index is 2.00. The number of esters is 1. The van der Waals surface area contributed by atoms with Crippen LogP contribution in [0.2, 0.25) is 0 Å². The van der Waals surface area contributed by atoms with E-state index in [9.17, 15) is 9.59 Å². The number of ketones is 1. The van der Waals surface area contributed by atoms with Gasteiger partial charge in [-0.2, -0.15) is 0 Å². The number of methoxy groups -OCH3 is 1. The number of carbonyl (C=O) groups excluding carboxylic acids is 2. The van der Waals surface area contributed by atoms with Crippen LogP contribution in [0.1, 0.15) is 42.1 Å². The topological polar surface area (TPSA) is 61.8 Å². The summed E-state index contributed by atoms with van der Waals surface area (Å²) in [5, 5.41) is 0. The Labute approximate surface area is 123 Å². The Morgan fingerprint density at radius 1 is 1.33 bits per heavy atom. The van der Waals surface area contributed by atoms with E-state index < -0.39 is 5.60 Å². The molecule has 21 heavy (non-hydrogen) atoms. The van der Waals surface area contributed by atoms with Crippen molar-refractivity contribution in [3.8, 4) is 11.5 Å². The van der Waals surface area contributed by atoms with Crippen molar-refractivity contribution in [1.82, 2.24) is 0 Å². The predicted molar refractivity (Wildman–Crippen MR) is 74.8 cm³/mol. The summed E-state index contributed by atoms with van der Waals surface area (Å²) in [5.74, 6) is 0.762. The maximum absolute atomic E-state index is 12.5. The Morgan fingerprint density at radius 2 is 2.10 bits per heavy atom. The number of ether oxygens (including phenoxy) is 3. The van der Waals surface area contributed by atoms with E-state index in [0.29, 0.717) is 29.9 Å². The van der Waals surface area contributed by atoms with Crippen molar-refractivity contribution in [3.63, 3.8) is 0 Å². The number of rotatable bonds is 2. The van der Waals surface area contributed by atoms with Crippen molar-refractivity contribution in [2.24, 2.45) is 0 Å². The first-order valence-corrected chi connectivity index (χ1v) is 7.03. The van der Waals surface area contributed by atoms with E-state index in [4.69, 9.17) is 14.2 Å². The molecule has 1 fully saturated rings. The van der Waals surface area contributed by atoms with Gasteiger partial charge in [0.25, 0.3) is 0 Å².